The molecular formula is C16H19N3OS. The van der Waals surface area contributed by atoms with Crippen LogP contribution in [0.25, 0.3) is 0 Å². The first-order valence-electron chi connectivity index (χ1n) is 6.97. The highest BCUT2D eigenvalue weighted by Crippen LogP contribution is 2.33. The van der Waals surface area contributed by atoms with Gasteiger partial charge in [-0.05, 0) is 43.7 Å². The van der Waals surface area contributed by atoms with Gasteiger partial charge in [0.15, 0.2) is 0 Å². The fourth-order valence-electron chi connectivity index (χ4n) is 2.50. The van der Waals surface area contributed by atoms with Crippen LogP contribution < -0.4 is 10.6 Å². The van der Waals surface area contributed by atoms with Crippen molar-refractivity contribution in [1.29, 1.82) is 0 Å². The third-order valence-electron chi connectivity index (χ3n) is 3.98. The third-order valence-corrected chi connectivity index (χ3v) is 5.05. The van der Waals surface area contributed by atoms with Crippen molar-refractivity contribution >= 4 is 29.0 Å². The normalized spacial score (nSPS) is 13.8. The van der Waals surface area contributed by atoms with E-state index in [1.165, 1.54) is 17.0 Å². The molecule has 1 aliphatic rings. The number of aryl methyl sites for hydroxylation is 1. The van der Waals surface area contributed by atoms with Crippen LogP contribution in [0, 0.1) is 13.8 Å². The predicted molar refractivity (Wildman–Crippen MR) is 88.0 cm³/mol. The maximum absolute atomic E-state index is 11.4. The number of nitrogens with one attached hydrogen (secondary N) is 2. The summed E-state index contributed by atoms with van der Waals surface area (Å²) in [6, 6.07) is 8.34. The molecule has 5 heteroatoms. The molecule has 0 fully saturated rings. The lowest BCUT2D eigenvalue weighted by Gasteiger charge is -2.17. The second kappa shape index (κ2) is 5.48. The zero-order valence-corrected chi connectivity index (χ0v) is 13.3. The molecule has 2 aromatic rings. The Morgan fingerprint density at radius 3 is 2.86 bits per heavy atom. The lowest BCUT2D eigenvalue weighted by atomic mass is 10.2. The fraction of sp³-hybridized carbons (Fsp3) is 0.312. The van der Waals surface area contributed by atoms with Gasteiger partial charge in [-0.15, -0.1) is 11.8 Å². The van der Waals surface area contributed by atoms with E-state index in [9.17, 15) is 4.79 Å². The van der Waals surface area contributed by atoms with E-state index in [0.717, 1.165) is 22.8 Å². The molecule has 1 aliphatic heterocycles. The zero-order valence-electron chi connectivity index (χ0n) is 12.5. The predicted octanol–water partition coefficient (Wildman–Crippen LogP) is 3.30. The van der Waals surface area contributed by atoms with Crippen molar-refractivity contribution in [2.45, 2.75) is 25.3 Å². The highest BCUT2D eigenvalue weighted by Gasteiger charge is 2.15. The Balaban J connectivity index is 1.75. The van der Waals surface area contributed by atoms with Crippen molar-refractivity contribution in [3.8, 4) is 0 Å². The minimum Gasteiger partial charge on any atom is -0.381 e. The second-order valence-corrected chi connectivity index (χ2v) is 6.37. The molecule has 1 amide bonds. The van der Waals surface area contributed by atoms with Crippen LogP contribution in [-0.4, -0.2) is 16.2 Å². The number of carbonyl (C=O) groups excluding carboxylic acids is 1. The van der Waals surface area contributed by atoms with Gasteiger partial charge in [-0.25, -0.2) is 0 Å². The van der Waals surface area contributed by atoms with Crippen LogP contribution in [0.15, 0.2) is 29.2 Å². The molecule has 0 bridgehead atoms. The van der Waals surface area contributed by atoms with E-state index in [2.05, 4.69) is 54.3 Å². The number of rotatable bonds is 3. The Morgan fingerprint density at radius 1 is 1.33 bits per heavy atom. The maximum Gasteiger partial charge on any atom is 0.234 e. The Kier molecular flexibility index (Phi) is 3.68. The average molecular weight is 301 g/mol. The quantitative estimate of drug-likeness (QED) is 0.914. The van der Waals surface area contributed by atoms with E-state index in [4.69, 9.17) is 0 Å². The van der Waals surface area contributed by atoms with Gasteiger partial charge in [0, 0.05) is 35.6 Å². The monoisotopic (exact) mass is 301 g/mol. The van der Waals surface area contributed by atoms with Crippen LogP contribution in [-0.2, 0) is 18.4 Å². The number of nitrogens with zero attached hydrogens (tertiary/aromatic N) is 1. The van der Waals surface area contributed by atoms with Crippen molar-refractivity contribution in [3.05, 3.63) is 41.2 Å². The molecular weight excluding hydrogens is 282 g/mol. The van der Waals surface area contributed by atoms with E-state index in [-0.39, 0.29) is 5.91 Å². The van der Waals surface area contributed by atoms with Crippen LogP contribution >= 0.6 is 11.8 Å². The first-order valence-corrected chi connectivity index (χ1v) is 7.95. The first kappa shape index (κ1) is 14.1. The standard InChI is InChI=1S/C16H19N3OS/c1-10-6-12(11(2)19(10)3)8-17-13-4-5-15-14(7-13)18-16(20)9-21-15/h4-7,17H,8-9H2,1-3H3,(H,18,20). The summed E-state index contributed by atoms with van der Waals surface area (Å²) in [5.41, 5.74) is 5.77. The number of anilines is 2. The number of benzene rings is 1. The number of hydrogen-bond donors (Lipinski definition) is 2. The number of carbonyl (C=O) groups is 1. The topological polar surface area (TPSA) is 46.1 Å². The first-order chi connectivity index (χ1) is 10.0. The molecule has 3 rings (SSSR count). The van der Waals surface area contributed by atoms with E-state index >= 15 is 0 Å². The summed E-state index contributed by atoms with van der Waals surface area (Å²) in [7, 11) is 2.08. The summed E-state index contributed by atoms with van der Waals surface area (Å²) in [6.07, 6.45) is 0. The molecule has 110 valence electrons. The summed E-state index contributed by atoms with van der Waals surface area (Å²) in [6.45, 7) is 5.03. The molecule has 0 atom stereocenters. The molecule has 1 aromatic heterocycles. The molecule has 0 spiro atoms. The summed E-state index contributed by atoms with van der Waals surface area (Å²) < 4.78 is 2.20. The van der Waals surface area contributed by atoms with Crippen molar-refractivity contribution in [2.75, 3.05) is 16.4 Å². The molecule has 0 unspecified atom stereocenters. The summed E-state index contributed by atoms with van der Waals surface area (Å²) in [5.74, 6) is 0.571. The Bertz CT molecular complexity index is 706. The molecule has 1 aromatic carbocycles. The van der Waals surface area contributed by atoms with Crippen LogP contribution in [0.1, 0.15) is 17.0 Å². The Hall–Kier alpha value is -1.88. The Labute approximate surface area is 128 Å². The van der Waals surface area contributed by atoms with Crippen LogP contribution in [0.5, 0.6) is 0 Å². The number of amides is 1. The van der Waals surface area contributed by atoms with E-state index < -0.39 is 0 Å². The van der Waals surface area contributed by atoms with Gasteiger partial charge in [-0.3, -0.25) is 4.79 Å². The summed E-state index contributed by atoms with van der Waals surface area (Å²) >= 11 is 1.58. The lowest BCUT2D eigenvalue weighted by molar-refractivity contribution is -0.113. The fourth-order valence-corrected chi connectivity index (χ4v) is 3.29. The number of aromatic nitrogens is 1. The van der Waals surface area contributed by atoms with Crippen LogP contribution in [0.4, 0.5) is 11.4 Å². The molecule has 0 saturated carbocycles. The molecule has 0 aliphatic carbocycles. The maximum atomic E-state index is 11.4. The molecule has 21 heavy (non-hydrogen) atoms. The van der Waals surface area contributed by atoms with Crippen LogP contribution in [0.2, 0.25) is 0 Å². The van der Waals surface area contributed by atoms with Gasteiger partial charge in [-0.2, -0.15) is 0 Å². The van der Waals surface area contributed by atoms with Gasteiger partial charge in [0.25, 0.3) is 0 Å². The SMILES string of the molecule is Cc1cc(CNc2ccc3c(c2)NC(=O)CS3)c(C)n1C. The average Bonchev–Trinajstić information content (AvgIpc) is 2.72. The van der Waals surface area contributed by atoms with Gasteiger partial charge in [0.05, 0.1) is 11.4 Å². The smallest absolute Gasteiger partial charge is 0.234 e. The highest BCUT2D eigenvalue weighted by molar-refractivity contribution is 8.00. The molecule has 0 radical (unpaired) electrons. The molecule has 4 nitrogen and oxygen atoms in total. The Morgan fingerprint density at radius 2 is 2.14 bits per heavy atom. The third kappa shape index (κ3) is 2.78. The number of fused-ring (bicyclic) bond motifs is 1. The van der Waals surface area contributed by atoms with Crippen LogP contribution in [0.3, 0.4) is 0 Å². The zero-order chi connectivity index (χ0) is 15.0. The molecule has 2 heterocycles. The second-order valence-electron chi connectivity index (χ2n) is 5.36. The highest BCUT2D eigenvalue weighted by atomic mass is 32.2. The van der Waals surface area contributed by atoms with E-state index in [1.54, 1.807) is 11.8 Å². The van der Waals surface area contributed by atoms with Crippen molar-refractivity contribution in [1.82, 2.24) is 4.57 Å². The lowest BCUT2D eigenvalue weighted by Crippen LogP contribution is -2.18. The van der Waals surface area contributed by atoms with E-state index in [0.29, 0.717) is 5.75 Å². The van der Waals surface area contributed by atoms with Gasteiger partial charge in [0.1, 0.15) is 0 Å². The summed E-state index contributed by atoms with van der Waals surface area (Å²) in [5, 5.41) is 6.35. The van der Waals surface area contributed by atoms with Gasteiger partial charge in [-0.1, -0.05) is 0 Å². The minimum atomic E-state index is 0.0687. The van der Waals surface area contributed by atoms with Crippen molar-refractivity contribution in [3.63, 3.8) is 0 Å². The largest absolute Gasteiger partial charge is 0.381 e. The molecule has 0 saturated heterocycles. The van der Waals surface area contributed by atoms with Gasteiger partial charge < -0.3 is 15.2 Å². The minimum absolute atomic E-state index is 0.0687. The van der Waals surface area contributed by atoms with Crippen molar-refractivity contribution in [2.24, 2.45) is 7.05 Å². The number of hydrogen-bond acceptors (Lipinski definition) is 3. The van der Waals surface area contributed by atoms with Crippen molar-refractivity contribution < 1.29 is 4.79 Å². The summed E-state index contributed by atoms with van der Waals surface area (Å²) in [4.78, 5) is 12.6. The van der Waals surface area contributed by atoms with Gasteiger partial charge in [0.2, 0.25) is 5.91 Å². The number of thioether (sulfide) groups is 1. The van der Waals surface area contributed by atoms with E-state index in [1.807, 2.05) is 6.07 Å². The molecule has 2 N–H and O–H groups in total. The van der Waals surface area contributed by atoms with Gasteiger partial charge >= 0.3 is 0 Å².